The number of para-hydroxylation sites is 1. The topological polar surface area (TPSA) is 90.9 Å². The van der Waals surface area contributed by atoms with Crippen LogP contribution in [0, 0.1) is 18.3 Å². The third-order valence-corrected chi connectivity index (χ3v) is 5.69. The minimum Gasteiger partial charge on any atom is -0.341 e. The molecule has 0 unspecified atom stereocenters. The van der Waals surface area contributed by atoms with Crippen LogP contribution in [-0.4, -0.2) is 51.6 Å². The summed E-state index contributed by atoms with van der Waals surface area (Å²) in [6.45, 7) is 6.62. The second kappa shape index (κ2) is 10.0. The van der Waals surface area contributed by atoms with Gasteiger partial charge in [0.05, 0.1) is 24.8 Å². The number of likely N-dealkylation sites (N-methyl/N-ethyl adjacent to an activating group) is 1. The van der Waals surface area contributed by atoms with Crippen LogP contribution in [0.5, 0.6) is 0 Å². The van der Waals surface area contributed by atoms with Crippen molar-refractivity contribution in [2.75, 3.05) is 45.1 Å². The van der Waals surface area contributed by atoms with E-state index in [0.717, 1.165) is 31.7 Å². The first kappa shape index (κ1) is 21.5. The number of carbonyl (C=O) groups is 2. The number of rotatable bonds is 5. The number of quaternary nitrogens is 2. The standard InChI is InChI=1S/C23H27N5O2/c1-17-7-9-18(10-8-17)21(28-13-11-27(2)12-14-28)16-25-22(29)23(30)26-20-6-4-3-5-19(20)15-24/h3-10,21H,11-14,16H2,1-2H3,(H,25,29)(H,26,30)/p+2/t21-/m0/s1. The molecule has 2 amide bonds. The second-order valence-corrected chi connectivity index (χ2v) is 7.90. The third kappa shape index (κ3) is 5.44. The van der Waals surface area contributed by atoms with Gasteiger partial charge in [-0.1, -0.05) is 42.0 Å². The fraction of sp³-hybridized carbons (Fsp3) is 0.348. The molecule has 1 aliphatic rings. The van der Waals surface area contributed by atoms with Crippen LogP contribution in [0.3, 0.4) is 0 Å². The molecule has 1 aliphatic heterocycles. The van der Waals surface area contributed by atoms with Gasteiger partial charge in [0.1, 0.15) is 38.3 Å². The summed E-state index contributed by atoms with van der Waals surface area (Å²) in [5, 5.41) is 14.5. The van der Waals surface area contributed by atoms with E-state index >= 15 is 0 Å². The zero-order valence-electron chi connectivity index (χ0n) is 17.5. The summed E-state index contributed by atoms with van der Waals surface area (Å²) in [5.74, 6) is -1.46. The molecule has 4 N–H and O–H groups in total. The zero-order chi connectivity index (χ0) is 21.5. The Morgan fingerprint density at radius 2 is 1.70 bits per heavy atom. The van der Waals surface area contributed by atoms with Gasteiger partial charge >= 0.3 is 11.8 Å². The maximum absolute atomic E-state index is 12.5. The number of nitrogens with zero attached hydrogens (tertiary/aromatic N) is 1. The van der Waals surface area contributed by atoms with Crippen molar-refractivity contribution in [1.82, 2.24) is 5.32 Å². The summed E-state index contributed by atoms with van der Waals surface area (Å²) < 4.78 is 0. The molecule has 1 fully saturated rings. The van der Waals surface area contributed by atoms with E-state index in [4.69, 9.17) is 5.26 Å². The highest BCUT2D eigenvalue weighted by molar-refractivity contribution is 6.39. The number of aryl methyl sites for hydroxylation is 1. The minimum atomic E-state index is -0.766. The quantitative estimate of drug-likeness (QED) is 0.483. The van der Waals surface area contributed by atoms with Gasteiger partial charge in [-0.3, -0.25) is 9.59 Å². The summed E-state index contributed by atoms with van der Waals surface area (Å²) in [4.78, 5) is 27.7. The van der Waals surface area contributed by atoms with Crippen LogP contribution >= 0.6 is 0 Å². The molecule has 2 aromatic carbocycles. The molecule has 1 atom stereocenters. The van der Waals surface area contributed by atoms with Crippen molar-refractivity contribution >= 4 is 17.5 Å². The van der Waals surface area contributed by atoms with E-state index in [2.05, 4.69) is 48.9 Å². The van der Waals surface area contributed by atoms with Crippen molar-refractivity contribution in [3.8, 4) is 6.07 Å². The fourth-order valence-corrected chi connectivity index (χ4v) is 3.79. The van der Waals surface area contributed by atoms with Crippen LogP contribution in [0.2, 0.25) is 0 Å². The summed E-state index contributed by atoms with van der Waals surface area (Å²) in [6, 6.07) is 17.1. The average Bonchev–Trinajstić information content (AvgIpc) is 2.76. The Labute approximate surface area is 177 Å². The Kier molecular flexibility index (Phi) is 7.17. The van der Waals surface area contributed by atoms with Gasteiger partial charge < -0.3 is 20.4 Å². The number of amides is 2. The largest absolute Gasteiger partial charge is 0.341 e. The van der Waals surface area contributed by atoms with E-state index in [0.29, 0.717) is 17.8 Å². The molecule has 0 bridgehead atoms. The van der Waals surface area contributed by atoms with E-state index in [1.54, 1.807) is 24.3 Å². The molecule has 2 aromatic rings. The first-order valence-corrected chi connectivity index (χ1v) is 10.3. The molecule has 0 radical (unpaired) electrons. The molecule has 1 heterocycles. The van der Waals surface area contributed by atoms with E-state index in [1.165, 1.54) is 15.4 Å². The Morgan fingerprint density at radius 3 is 2.37 bits per heavy atom. The van der Waals surface area contributed by atoms with Gasteiger partial charge in [0, 0.05) is 5.56 Å². The number of piperazine rings is 1. The molecule has 0 spiro atoms. The highest BCUT2D eigenvalue weighted by atomic mass is 16.2. The molecule has 1 saturated heterocycles. The Bertz CT molecular complexity index is 927. The van der Waals surface area contributed by atoms with E-state index < -0.39 is 11.8 Å². The SMILES string of the molecule is Cc1ccc([C@H](CNC(=O)C(=O)Nc2ccccc2C#N)[NH+]2CC[NH+](C)CC2)cc1. The van der Waals surface area contributed by atoms with E-state index in [1.807, 2.05) is 6.07 Å². The smallest absolute Gasteiger partial charge is 0.313 e. The maximum Gasteiger partial charge on any atom is 0.313 e. The summed E-state index contributed by atoms with van der Waals surface area (Å²) in [7, 11) is 2.20. The van der Waals surface area contributed by atoms with Crippen LogP contribution in [0.4, 0.5) is 5.69 Å². The van der Waals surface area contributed by atoms with Crippen molar-refractivity contribution in [3.05, 3.63) is 65.2 Å². The summed E-state index contributed by atoms with van der Waals surface area (Å²) >= 11 is 0. The molecule has 30 heavy (non-hydrogen) atoms. The predicted octanol–water partition coefficient (Wildman–Crippen LogP) is -0.924. The van der Waals surface area contributed by atoms with Crippen LogP contribution in [0.25, 0.3) is 0 Å². The minimum absolute atomic E-state index is 0.0850. The lowest BCUT2D eigenvalue weighted by Crippen LogP contribution is -3.27. The summed E-state index contributed by atoms with van der Waals surface area (Å²) in [5.41, 5.74) is 3.00. The van der Waals surface area contributed by atoms with Crippen molar-refractivity contribution in [3.63, 3.8) is 0 Å². The Balaban J connectivity index is 1.67. The number of anilines is 1. The lowest BCUT2D eigenvalue weighted by atomic mass is 10.0. The van der Waals surface area contributed by atoms with E-state index in [-0.39, 0.29) is 6.04 Å². The van der Waals surface area contributed by atoms with Gasteiger partial charge in [-0.25, -0.2) is 0 Å². The van der Waals surface area contributed by atoms with Gasteiger partial charge in [-0.05, 0) is 19.1 Å². The molecule has 0 saturated carbocycles. The van der Waals surface area contributed by atoms with Crippen LogP contribution in [0.15, 0.2) is 48.5 Å². The van der Waals surface area contributed by atoms with Crippen molar-refractivity contribution in [2.24, 2.45) is 0 Å². The molecule has 156 valence electrons. The van der Waals surface area contributed by atoms with Gasteiger partial charge in [-0.15, -0.1) is 0 Å². The second-order valence-electron chi connectivity index (χ2n) is 7.90. The molecule has 3 rings (SSSR count). The maximum atomic E-state index is 12.5. The normalized spacial score (nSPS) is 19.4. The van der Waals surface area contributed by atoms with Crippen LogP contribution in [0.1, 0.15) is 22.7 Å². The monoisotopic (exact) mass is 407 g/mol. The van der Waals surface area contributed by atoms with Gasteiger partial charge in [0.25, 0.3) is 0 Å². The van der Waals surface area contributed by atoms with Gasteiger partial charge in [0.2, 0.25) is 0 Å². The average molecular weight is 408 g/mol. The van der Waals surface area contributed by atoms with Crippen LogP contribution in [-0.2, 0) is 9.59 Å². The van der Waals surface area contributed by atoms with Gasteiger partial charge in [0.15, 0.2) is 0 Å². The first-order valence-electron chi connectivity index (χ1n) is 10.3. The zero-order valence-corrected chi connectivity index (χ0v) is 17.5. The fourth-order valence-electron chi connectivity index (χ4n) is 3.79. The molecule has 7 nitrogen and oxygen atoms in total. The number of nitriles is 1. The number of nitrogens with one attached hydrogen (secondary N) is 4. The number of carbonyl (C=O) groups excluding carboxylic acids is 2. The number of hydrogen-bond acceptors (Lipinski definition) is 3. The van der Waals surface area contributed by atoms with Crippen molar-refractivity contribution in [1.29, 1.82) is 5.26 Å². The molecular formula is C23H29N5O2+2. The lowest BCUT2D eigenvalue weighted by Gasteiger charge is -2.33. The number of benzene rings is 2. The third-order valence-electron chi connectivity index (χ3n) is 5.69. The highest BCUT2D eigenvalue weighted by Crippen LogP contribution is 2.13. The lowest BCUT2D eigenvalue weighted by molar-refractivity contribution is -1.02. The molecular weight excluding hydrogens is 378 g/mol. The number of hydrogen-bond donors (Lipinski definition) is 4. The van der Waals surface area contributed by atoms with Crippen molar-refractivity contribution < 1.29 is 19.4 Å². The highest BCUT2D eigenvalue weighted by Gasteiger charge is 2.30. The van der Waals surface area contributed by atoms with E-state index in [9.17, 15) is 9.59 Å². The first-order chi connectivity index (χ1) is 14.5. The van der Waals surface area contributed by atoms with Crippen LogP contribution < -0.4 is 20.4 Å². The molecule has 0 aliphatic carbocycles. The Hall–Kier alpha value is -3.21. The molecule has 0 aromatic heterocycles. The summed E-state index contributed by atoms with van der Waals surface area (Å²) in [6.07, 6.45) is 0. The van der Waals surface area contributed by atoms with Crippen molar-refractivity contribution in [2.45, 2.75) is 13.0 Å². The molecule has 7 heteroatoms. The predicted molar refractivity (Wildman–Crippen MR) is 114 cm³/mol. The van der Waals surface area contributed by atoms with Gasteiger partial charge in [-0.2, -0.15) is 5.26 Å². The Morgan fingerprint density at radius 1 is 1.03 bits per heavy atom.